The van der Waals surface area contributed by atoms with Crippen molar-refractivity contribution in [3.8, 4) is 5.75 Å². The monoisotopic (exact) mass is 235 g/mol. The lowest BCUT2D eigenvalue weighted by molar-refractivity contribution is -0.142. The number of esters is 1. The lowest BCUT2D eigenvalue weighted by atomic mass is 10.0. The highest BCUT2D eigenvalue weighted by molar-refractivity contribution is 5.75. The molecule has 1 heterocycles. The molecule has 2 N–H and O–H groups in total. The highest BCUT2D eigenvalue weighted by Crippen LogP contribution is 2.26. The first kappa shape index (κ1) is 11.9. The van der Waals surface area contributed by atoms with E-state index >= 15 is 0 Å². The second-order valence-corrected chi connectivity index (χ2v) is 4.23. The van der Waals surface area contributed by atoms with Crippen LogP contribution in [0.1, 0.15) is 17.5 Å². The number of nitrogens with two attached hydrogens (primary N) is 1. The number of hydrogen-bond acceptors (Lipinski definition) is 4. The quantitative estimate of drug-likeness (QED) is 0.796. The van der Waals surface area contributed by atoms with Gasteiger partial charge in [-0.1, -0.05) is 12.1 Å². The first-order valence-corrected chi connectivity index (χ1v) is 5.78. The highest BCUT2D eigenvalue weighted by atomic mass is 16.5. The Labute approximate surface area is 101 Å². The van der Waals surface area contributed by atoms with E-state index in [9.17, 15) is 4.79 Å². The van der Waals surface area contributed by atoms with Crippen LogP contribution in [0.25, 0.3) is 0 Å². The van der Waals surface area contributed by atoms with Gasteiger partial charge in [0, 0.05) is 0 Å². The van der Waals surface area contributed by atoms with Gasteiger partial charge in [0.2, 0.25) is 0 Å². The summed E-state index contributed by atoms with van der Waals surface area (Å²) < 4.78 is 10.2. The molecule has 1 aromatic rings. The molecule has 4 heteroatoms. The minimum Gasteiger partial charge on any atom is -0.493 e. The lowest BCUT2D eigenvalue weighted by Gasteiger charge is -2.18. The average Bonchev–Trinajstić information content (AvgIpc) is 2.37. The van der Waals surface area contributed by atoms with Crippen LogP contribution in [0.5, 0.6) is 5.75 Å². The van der Waals surface area contributed by atoms with Gasteiger partial charge in [-0.15, -0.1) is 0 Å². The van der Waals surface area contributed by atoms with Gasteiger partial charge in [0.25, 0.3) is 0 Å². The summed E-state index contributed by atoms with van der Waals surface area (Å²) in [4.78, 5) is 11.2. The highest BCUT2D eigenvalue weighted by Gasteiger charge is 2.16. The normalized spacial score (nSPS) is 15.6. The van der Waals surface area contributed by atoms with Crippen LogP contribution in [0, 0.1) is 0 Å². The first-order chi connectivity index (χ1) is 8.20. The summed E-state index contributed by atoms with van der Waals surface area (Å²) in [6, 6.07) is 5.41. The molecule has 1 aliphatic heterocycles. The SMILES string of the molecule is COC(=O)[C@@H](N)Cc1ccc2c(c1)OCCC2. The molecule has 4 nitrogen and oxygen atoms in total. The number of methoxy groups -OCH3 is 1. The van der Waals surface area contributed by atoms with E-state index in [1.54, 1.807) is 0 Å². The van der Waals surface area contributed by atoms with E-state index in [-0.39, 0.29) is 5.97 Å². The van der Waals surface area contributed by atoms with Gasteiger partial charge in [0.05, 0.1) is 13.7 Å². The number of carbonyl (C=O) groups excluding carboxylic acids is 1. The van der Waals surface area contributed by atoms with Crippen LogP contribution in [0.2, 0.25) is 0 Å². The molecule has 0 radical (unpaired) electrons. The number of carbonyl (C=O) groups is 1. The maximum absolute atomic E-state index is 11.2. The van der Waals surface area contributed by atoms with Gasteiger partial charge in [-0.3, -0.25) is 4.79 Å². The molecular formula is C13H17NO3. The van der Waals surface area contributed by atoms with Gasteiger partial charge in [0.1, 0.15) is 11.8 Å². The van der Waals surface area contributed by atoms with Crippen LogP contribution in [0.15, 0.2) is 18.2 Å². The maximum Gasteiger partial charge on any atom is 0.322 e. The van der Waals surface area contributed by atoms with Crippen LogP contribution >= 0.6 is 0 Å². The van der Waals surface area contributed by atoms with Gasteiger partial charge < -0.3 is 15.2 Å². The summed E-state index contributed by atoms with van der Waals surface area (Å²) in [5, 5.41) is 0. The summed E-state index contributed by atoms with van der Waals surface area (Å²) >= 11 is 0. The fourth-order valence-electron chi connectivity index (χ4n) is 2.00. The van der Waals surface area contributed by atoms with Gasteiger partial charge in [-0.25, -0.2) is 0 Å². The first-order valence-electron chi connectivity index (χ1n) is 5.78. The predicted molar refractivity (Wildman–Crippen MR) is 64.0 cm³/mol. The Morgan fingerprint density at radius 3 is 3.18 bits per heavy atom. The third-order valence-electron chi connectivity index (χ3n) is 2.94. The van der Waals surface area contributed by atoms with Crippen molar-refractivity contribution >= 4 is 5.97 Å². The molecular weight excluding hydrogens is 218 g/mol. The summed E-state index contributed by atoms with van der Waals surface area (Å²) in [7, 11) is 1.35. The number of ether oxygens (including phenoxy) is 2. The van der Waals surface area contributed by atoms with Crippen molar-refractivity contribution in [1.82, 2.24) is 0 Å². The molecule has 0 unspecified atom stereocenters. The third-order valence-corrected chi connectivity index (χ3v) is 2.94. The van der Waals surface area contributed by atoms with E-state index in [1.807, 2.05) is 18.2 Å². The molecule has 2 rings (SSSR count). The molecule has 0 aromatic heterocycles. The number of rotatable bonds is 3. The molecule has 0 aliphatic carbocycles. The Balaban J connectivity index is 2.09. The Hall–Kier alpha value is -1.55. The van der Waals surface area contributed by atoms with Crippen molar-refractivity contribution in [2.24, 2.45) is 5.73 Å². The van der Waals surface area contributed by atoms with E-state index in [0.29, 0.717) is 6.42 Å². The number of hydrogen-bond donors (Lipinski definition) is 1. The lowest BCUT2D eigenvalue weighted by Crippen LogP contribution is -2.33. The molecule has 0 saturated heterocycles. The van der Waals surface area contributed by atoms with Gasteiger partial charge in [0.15, 0.2) is 0 Å². The standard InChI is InChI=1S/C13H17NO3/c1-16-13(15)11(14)7-9-4-5-10-3-2-6-17-12(10)8-9/h4-5,8,11H,2-3,6-7,14H2,1H3/t11-/m0/s1. The minimum atomic E-state index is -0.610. The number of fused-ring (bicyclic) bond motifs is 1. The predicted octanol–water partition coefficient (Wildman–Crippen LogP) is 1.05. The Kier molecular flexibility index (Phi) is 3.64. The third kappa shape index (κ3) is 2.77. The number of aryl methyl sites for hydroxylation is 1. The van der Waals surface area contributed by atoms with E-state index in [1.165, 1.54) is 12.7 Å². The fraction of sp³-hybridized carbons (Fsp3) is 0.462. The molecule has 92 valence electrons. The van der Waals surface area contributed by atoms with E-state index in [2.05, 4.69) is 4.74 Å². The van der Waals surface area contributed by atoms with Gasteiger partial charge >= 0.3 is 5.97 Å². The summed E-state index contributed by atoms with van der Waals surface area (Å²) in [6.07, 6.45) is 2.59. The minimum absolute atomic E-state index is 0.386. The molecule has 0 saturated carbocycles. The van der Waals surface area contributed by atoms with Crippen molar-refractivity contribution in [3.63, 3.8) is 0 Å². The number of benzene rings is 1. The van der Waals surface area contributed by atoms with Crippen molar-refractivity contribution in [3.05, 3.63) is 29.3 Å². The van der Waals surface area contributed by atoms with Crippen LogP contribution < -0.4 is 10.5 Å². The molecule has 1 aliphatic rings. The van der Waals surface area contributed by atoms with Crippen LogP contribution in [-0.2, 0) is 22.4 Å². The van der Waals surface area contributed by atoms with Crippen LogP contribution in [0.4, 0.5) is 0 Å². The maximum atomic E-state index is 11.2. The van der Waals surface area contributed by atoms with Crippen molar-refractivity contribution in [1.29, 1.82) is 0 Å². The van der Waals surface area contributed by atoms with Gasteiger partial charge in [-0.2, -0.15) is 0 Å². The summed E-state index contributed by atoms with van der Waals surface area (Å²) in [5.41, 5.74) is 7.95. The van der Waals surface area contributed by atoms with Crippen molar-refractivity contribution in [2.75, 3.05) is 13.7 Å². The van der Waals surface area contributed by atoms with E-state index in [4.69, 9.17) is 10.5 Å². The summed E-state index contributed by atoms with van der Waals surface area (Å²) in [6.45, 7) is 0.763. The second-order valence-electron chi connectivity index (χ2n) is 4.23. The molecule has 0 bridgehead atoms. The Bertz CT molecular complexity index is 417. The fourth-order valence-corrected chi connectivity index (χ4v) is 2.00. The molecule has 1 atom stereocenters. The molecule has 0 spiro atoms. The largest absolute Gasteiger partial charge is 0.493 e. The van der Waals surface area contributed by atoms with Gasteiger partial charge in [-0.05, 0) is 36.5 Å². The molecule has 1 aromatic carbocycles. The topological polar surface area (TPSA) is 61.5 Å². The van der Waals surface area contributed by atoms with Crippen LogP contribution in [-0.4, -0.2) is 25.7 Å². The summed E-state index contributed by atoms with van der Waals surface area (Å²) in [5.74, 6) is 0.537. The molecule has 0 amide bonds. The average molecular weight is 235 g/mol. The molecule has 17 heavy (non-hydrogen) atoms. The zero-order chi connectivity index (χ0) is 12.3. The zero-order valence-corrected chi connectivity index (χ0v) is 9.94. The molecule has 0 fully saturated rings. The van der Waals surface area contributed by atoms with Crippen molar-refractivity contribution in [2.45, 2.75) is 25.3 Å². The van der Waals surface area contributed by atoms with E-state index in [0.717, 1.165) is 30.8 Å². The zero-order valence-electron chi connectivity index (χ0n) is 9.94. The smallest absolute Gasteiger partial charge is 0.322 e. The Morgan fingerprint density at radius 2 is 2.41 bits per heavy atom. The second kappa shape index (κ2) is 5.19. The van der Waals surface area contributed by atoms with Crippen molar-refractivity contribution < 1.29 is 14.3 Å². The van der Waals surface area contributed by atoms with Crippen LogP contribution in [0.3, 0.4) is 0 Å². The van der Waals surface area contributed by atoms with E-state index < -0.39 is 6.04 Å². The Morgan fingerprint density at radius 1 is 1.59 bits per heavy atom.